The number of likely N-dealkylation sites (N-methyl/N-ethyl adjacent to an activating group) is 1. The van der Waals surface area contributed by atoms with Crippen LogP contribution in [0.5, 0.6) is 0 Å². The first-order valence-electron chi connectivity index (χ1n) is 6.92. The lowest BCUT2D eigenvalue weighted by Crippen LogP contribution is -2.38. The first kappa shape index (κ1) is 14.1. The number of carbonyl (C=O) groups excluding carboxylic acids is 1. The van der Waals surface area contributed by atoms with Crippen LogP contribution < -0.4 is 4.90 Å². The zero-order valence-electron chi connectivity index (χ0n) is 12.1. The number of halogens is 1. The second-order valence-electron chi connectivity index (χ2n) is 5.27. The lowest BCUT2D eigenvalue weighted by atomic mass is 10.3. The molecule has 0 N–H and O–H groups in total. The van der Waals surface area contributed by atoms with E-state index < -0.39 is 0 Å². The van der Waals surface area contributed by atoms with Gasteiger partial charge in [-0.2, -0.15) is 19.6 Å². The quantitative estimate of drug-likeness (QED) is 0.796. The Kier molecular flexibility index (Phi) is 3.67. The Balaban J connectivity index is 1.90. The Morgan fingerprint density at radius 2 is 2.14 bits per heavy atom. The van der Waals surface area contributed by atoms with Gasteiger partial charge in [0.15, 0.2) is 0 Å². The lowest BCUT2D eigenvalue weighted by molar-refractivity contribution is -0.128. The Morgan fingerprint density at radius 3 is 2.86 bits per heavy atom. The number of anilines is 1. The number of hydrogen-bond acceptors (Lipinski definition) is 5. The van der Waals surface area contributed by atoms with Crippen LogP contribution in [-0.2, 0) is 4.79 Å². The van der Waals surface area contributed by atoms with Crippen LogP contribution >= 0.6 is 11.6 Å². The van der Waals surface area contributed by atoms with Gasteiger partial charge in [-0.25, -0.2) is 0 Å². The molecule has 2 aromatic heterocycles. The summed E-state index contributed by atoms with van der Waals surface area (Å²) in [4.78, 5) is 24.3. The fourth-order valence-electron chi connectivity index (χ4n) is 2.68. The second-order valence-corrected chi connectivity index (χ2v) is 5.63. The second kappa shape index (κ2) is 5.48. The molecule has 1 aliphatic heterocycles. The molecule has 7 nitrogen and oxygen atoms in total. The molecule has 2 aromatic rings. The number of nitrogens with zero attached hydrogens (tertiary/aromatic N) is 6. The molecule has 0 saturated carbocycles. The predicted molar refractivity (Wildman–Crippen MR) is 79.6 cm³/mol. The van der Waals surface area contributed by atoms with E-state index in [0.29, 0.717) is 10.9 Å². The third kappa shape index (κ3) is 2.53. The Bertz CT molecular complexity index is 679. The fourth-order valence-corrected chi connectivity index (χ4v) is 2.84. The molecule has 1 aliphatic rings. The molecule has 3 rings (SSSR count). The third-order valence-corrected chi connectivity index (χ3v) is 4.13. The molecular formula is C13H17ClN6O. The number of amides is 1. The zero-order chi connectivity index (χ0) is 15.0. The van der Waals surface area contributed by atoms with Crippen molar-refractivity contribution < 1.29 is 4.79 Å². The van der Waals surface area contributed by atoms with E-state index >= 15 is 0 Å². The topological polar surface area (TPSA) is 66.6 Å². The molecule has 21 heavy (non-hydrogen) atoms. The molecule has 1 saturated heterocycles. The van der Waals surface area contributed by atoms with Gasteiger partial charge in [-0.1, -0.05) is 11.6 Å². The maximum Gasteiger partial charge on any atom is 0.255 e. The van der Waals surface area contributed by atoms with Crippen molar-refractivity contribution in [3.8, 4) is 0 Å². The first-order chi connectivity index (χ1) is 10.1. The van der Waals surface area contributed by atoms with Crippen molar-refractivity contribution in [1.82, 2.24) is 24.5 Å². The highest BCUT2D eigenvalue weighted by atomic mass is 35.5. The Morgan fingerprint density at radius 1 is 1.43 bits per heavy atom. The SMILES string of the molecule is Cc1c(Cl)nc2ncnn2c1N(C)CC(=O)N1CCCC1. The Labute approximate surface area is 127 Å². The van der Waals surface area contributed by atoms with Crippen molar-refractivity contribution in [3.63, 3.8) is 0 Å². The molecule has 112 valence electrons. The van der Waals surface area contributed by atoms with Crippen LogP contribution in [0.3, 0.4) is 0 Å². The molecule has 3 heterocycles. The number of aromatic nitrogens is 4. The van der Waals surface area contributed by atoms with Crippen LogP contribution in [0.15, 0.2) is 6.33 Å². The third-order valence-electron chi connectivity index (χ3n) is 3.77. The van der Waals surface area contributed by atoms with Gasteiger partial charge < -0.3 is 9.80 Å². The van der Waals surface area contributed by atoms with Crippen LogP contribution in [0.1, 0.15) is 18.4 Å². The molecule has 1 fully saturated rings. The van der Waals surface area contributed by atoms with E-state index in [9.17, 15) is 4.79 Å². The largest absolute Gasteiger partial charge is 0.350 e. The molecule has 0 aromatic carbocycles. The minimum Gasteiger partial charge on any atom is -0.350 e. The average molecular weight is 309 g/mol. The van der Waals surface area contributed by atoms with E-state index in [4.69, 9.17) is 11.6 Å². The minimum atomic E-state index is 0.121. The lowest BCUT2D eigenvalue weighted by Gasteiger charge is -2.24. The number of hydrogen-bond donors (Lipinski definition) is 0. The highest BCUT2D eigenvalue weighted by molar-refractivity contribution is 6.30. The van der Waals surface area contributed by atoms with Crippen molar-refractivity contribution in [2.45, 2.75) is 19.8 Å². The summed E-state index contributed by atoms with van der Waals surface area (Å²) in [6.45, 7) is 3.85. The van der Waals surface area contributed by atoms with Gasteiger partial charge in [0.2, 0.25) is 5.91 Å². The standard InChI is InChI=1S/C13H17ClN6O/c1-9-11(14)17-13-15-8-16-20(13)12(9)18(2)7-10(21)19-5-3-4-6-19/h8H,3-7H2,1-2H3. The van der Waals surface area contributed by atoms with Crippen LogP contribution in [-0.4, -0.2) is 57.1 Å². The number of rotatable bonds is 3. The predicted octanol–water partition coefficient (Wildman–Crippen LogP) is 1.14. The molecule has 0 aliphatic carbocycles. The van der Waals surface area contributed by atoms with E-state index in [1.807, 2.05) is 23.8 Å². The first-order valence-corrected chi connectivity index (χ1v) is 7.30. The molecule has 0 spiro atoms. The molecule has 8 heteroatoms. The number of carbonyl (C=O) groups is 1. The molecule has 0 bridgehead atoms. The van der Waals surface area contributed by atoms with Crippen LogP contribution in [0.4, 0.5) is 5.82 Å². The molecule has 0 unspecified atom stereocenters. The maximum atomic E-state index is 12.3. The summed E-state index contributed by atoms with van der Waals surface area (Å²) in [5, 5.41) is 4.54. The van der Waals surface area contributed by atoms with Gasteiger partial charge >= 0.3 is 0 Å². The van der Waals surface area contributed by atoms with Crippen LogP contribution in [0.25, 0.3) is 5.78 Å². The Hall–Kier alpha value is -1.89. The summed E-state index contributed by atoms with van der Waals surface area (Å²) in [5.41, 5.74) is 0.784. The minimum absolute atomic E-state index is 0.121. The number of fused-ring (bicyclic) bond motifs is 1. The number of likely N-dealkylation sites (tertiary alicyclic amines) is 1. The van der Waals surface area contributed by atoms with Gasteiger partial charge in [0.1, 0.15) is 17.3 Å². The fraction of sp³-hybridized carbons (Fsp3) is 0.538. The van der Waals surface area contributed by atoms with Crippen molar-refractivity contribution in [3.05, 3.63) is 17.0 Å². The van der Waals surface area contributed by atoms with Gasteiger partial charge in [-0.05, 0) is 19.8 Å². The monoisotopic (exact) mass is 308 g/mol. The summed E-state index contributed by atoms with van der Waals surface area (Å²) >= 11 is 6.14. The van der Waals surface area contributed by atoms with E-state index in [-0.39, 0.29) is 12.5 Å². The van der Waals surface area contributed by atoms with Gasteiger partial charge in [0, 0.05) is 25.7 Å². The summed E-state index contributed by atoms with van der Waals surface area (Å²) in [6.07, 6.45) is 3.60. The van der Waals surface area contributed by atoms with Crippen molar-refractivity contribution >= 4 is 29.1 Å². The van der Waals surface area contributed by atoms with Crippen LogP contribution in [0, 0.1) is 6.92 Å². The molecular weight excluding hydrogens is 292 g/mol. The summed E-state index contributed by atoms with van der Waals surface area (Å²) in [6, 6.07) is 0. The van der Waals surface area contributed by atoms with Crippen molar-refractivity contribution in [2.24, 2.45) is 0 Å². The van der Waals surface area contributed by atoms with Gasteiger partial charge in [0.05, 0.1) is 6.54 Å². The molecule has 1 amide bonds. The highest BCUT2D eigenvalue weighted by Gasteiger charge is 2.22. The summed E-state index contributed by atoms with van der Waals surface area (Å²) in [7, 11) is 1.85. The molecule has 0 atom stereocenters. The van der Waals surface area contributed by atoms with E-state index in [2.05, 4.69) is 15.1 Å². The van der Waals surface area contributed by atoms with Crippen molar-refractivity contribution in [1.29, 1.82) is 0 Å². The summed E-state index contributed by atoms with van der Waals surface area (Å²) < 4.78 is 1.61. The zero-order valence-corrected chi connectivity index (χ0v) is 12.8. The smallest absolute Gasteiger partial charge is 0.255 e. The molecule has 0 radical (unpaired) electrons. The van der Waals surface area contributed by atoms with E-state index in [0.717, 1.165) is 37.3 Å². The van der Waals surface area contributed by atoms with Gasteiger partial charge in [0.25, 0.3) is 5.78 Å². The highest BCUT2D eigenvalue weighted by Crippen LogP contribution is 2.24. The van der Waals surface area contributed by atoms with Gasteiger partial charge in [-0.15, -0.1) is 0 Å². The van der Waals surface area contributed by atoms with E-state index in [1.54, 1.807) is 4.52 Å². The van der Waals surface area contributed by atoms with Crippen molar-refractivity contribution in [2.75, 3.05) is 31.6 Å². The average Bonchev–Trinajstić information content (AvgIpc) is 3.10. The summed E-state index contributed by atoms with van der Waals surface area (Å²) in [5.74, 6) is 1.30. The maximum absolute atomic E-state index is 12.3. The van der Waals surface area contributed by atoms with Gasteiger partial charge in [-0.3, -0.25) is 4.79 Å². The normalized spacial score (nSPS) is 14.9. The van der Waals surface area contributed by atoms with Crippen LogP contribution in [0.2, 0.25) is 5.15 Å². The van der Waals surface area contributed by atoms with E-state index in [1.165, 1.54) is 6.33 Å².